The number of alkyl carbamates (subject to hydrolysis) is 1. The van der Waals surface area contributed by atoms with Crippen LogP contribution in [0.3, 0.4) is 0 Å². The summed E-state index contributed by atoms with van der Waals surface area (Å²) in [7, 11) is -3.88. The quantitative estimate of drug-likeness (QED) is 0.429. The molecule has 0 atom stereocenters. The van der Waals surface area contributed by atoms with Crippen molar-refractivity contribution in [2.45, 2.75) is 69.0 Å². The van der Waals surface area contributed by atoms with E-state index in [0.29, 0.717) is 42.1 Å². The number of pyridine rings is 1. The number of benzene rings is 1. The summed E-state index contributed by atoms with van der Waals surface area (Å²) in [5, 5.41) is 3.46. The van der Waals surface area contributed by atoms with Gasteiger partial charge in [0.25, 0.3) is 15.6 Å². The van der Waals surface area contributed by atoms with Crippen molar-refractivity contribution in [3.05, 3.63) is 65.3 Å². The molecule has 5 rings (SSSR count). The van der Waals surface area contributed by atoms with Gasteiger partial charge in [-0.3, -0.25) is 4.79 Å². The Bertz CT molecular complexity index is 1630. The minimum absolute atomic E-state index is 0.0475. The zero-order valence-electron chi connectivity index (χ0n) is 20.9. The fourth-order valence-electron chi connectivity index (χ4n) is 4.90. The van der Waals surface area contributed by atoms with E-state index in [1.807, 2.05) is 20.8 Å². The van der Waals surface area contributed by atoms with E-state index >= 15 is 0 Å². The normalized spacial score (nSPS) is 18.7. The summed E-state index contributed by atoms with van der Waals surface area (Å²) >= 11 is 0. The maximum absolute atomic E-state index is 13.3. The lowest BCUT2D eigenvalue weighted by Crippen LogP contribution is -2.41. The smallest absolute Gasteiger partial charge is 0.407 e. The molecule has 3 aromatic heterocycles. The molecule has 0 unspecified atom stereocenters. The zero-order valence-corrected chi connectivity index (χ0v) is 21.7. The van der Waals surface area contributed by atoms with E-state index in [1.54, 1.807) is 28.8 Å². The highest BCUT2D eigenvalue weighted by Crippen LogP contribution is 2.33. The fourth-order valence-corrected chi connectivity index (χ4v) is 6.22. The van der Waals surface area contributed by atoms with E-state index in [4.69, 9.17) is 4.74 Å². The number of amides is 1. The Morgan fingerprint density at radius 2 is 1.73 bits per heavy atom. The Hall–Kier alpha value is -3.73. The number of nitrogens with zero attached hydrogens (tertiary/aromatic N) is 4. The van der Waals surface area contributed by atoms with Gasteiger partial charge in [0.05, 0.1) is 22.8 Å². The van der Waals surface area contributed by atoms with E-state index in [9.17, 15) is 18.0 Å². The standard InChI is InChI=1S/C26H29N5O5S/c1-26(2,3)36-25(33)29-17-9-11-18(12-10-17)31-22(32)16-27-21-15-28-24-20(23(21)31)13-14-30(24)37(34,35)19-7-5-4-6-8-19/h4-8,13-18H,9-12H2,1-3H3,(H,29,33). The number of ether oxygens (including phenoxy) is 1. The second-order valence-corrected chi connectivity index (χ2v) is 12.1. The number of nitrogens with one attached hydrogen (secondary N) is 1. The molecule has 1 saturated carbocycles. The minimum atomic E-state index is -3.88. The molecule has 11 heteroatoms. The summed E-state index contributed by atoms with van der Waals surface area (Å²) < 4.78 is 34.8. The van der Waals surface area contributed by atoms with Gasteiger partial charge in [0.15, 0.2) is 5.65 Å². The van der Waals surface area contributed by atoms with Crippen molar-refractivity contribution in [1.82, 2.24) is 23.8 Å². The van der Waals surface area contributed by atoms with E-state index in [2.05, 4.69) is 15.3 Å². The van der Waals surface area contributed by atoms with Crippen LogP contribution in [-0.2, 0) is 14.8 Å². The van der Waals surface area contributed by atoms with Crippen LogP contribution in [0.25, 0.3) is 22.1 Å². The average Bonchev–Trinajstić information content (AvgIpc) is 3.29. The molecule has 0 spiro atoms. The second kappa shape index (κ2) is 9.29. The van der Waals surface area contributed by atoms with Crippen LogP contribution in [0.1, 0.15) is 52.5 Å². The molecular weight excluding hydrogens is 494 g/mol. The first-order chi connectivity index (χ1) is 17.5. The van der Waals surface area contributed by atoms with E-state index < -0.39 is 21.7 Å². The average molecular weight is 524 g/mol. The third kappa shape index (κ3) is 4.83. The van der Waals surface area contributed by atoms with Crippen LogP contribution < -0.4 is 10.9 Å². The minimum Gasteiger partial charge on any atom is -0.444 e. The van der Waals surface area contributed by atoms with E-state index in [1.165, 1.54) is 30.7 Å². The van der Waals surface area contributed by atoms with Crippen LogP contribution in [0.2, 0.25) is 0 Å². The summed E-state index contributed by atoms with van der Waals surface area (Å²) in [5.41, 5.74) is 0.466. The summed E-state index contributed by atoms with van der Waals surface area (Å²) in [5.74, 6) is 0. The molecule has 1 fully saturated rings. The molecule has 1 aromatic carbocycles. The maximum atomic E-state index is 13.3. The fraction of sp³-hybridized carbons (Fsp3) is 0.385. The molecule has 1 aliphatic carbocycles. The Balaban J connectivity index is 1.49. The lowest BCUT2D eigenvalue weighted by atomic mass is 9.90. The highest BCUT2D eigenvalue weighted by atomic mass is 32.2. The molecule has 37 heavy (non-hydrogen) atoms. The summed E-state index contributed by atoms with van der Waals surface area (Å²) in [6, 6.07) is 9.63. The Morgan fingerprint density at radius 3 is 2.41 bits per heavy atom. The molecule has 3 heterocycles. The number of rotatable bonds is 4. The highest BCUT2D eigenvalue weighted by molar-refractivity contribution is 7.90. The van der Waals surface area contributed by atoms with Gasteiger partial charge in [0.2, 0.25) is 0 Å². The van der Waals surface area contributed by atoms with Gasteiger partial charge in [-0.2, -0.15) is 0 Å². The van der Waals surface area contributed by atoms with Crippen molar-refractivity contribution in [1.29, 1.82) is 0 Å². The van der Waals surface area contributed by atoms with Gasteiger partial charge in [-0.25, -0.2) is 27.2 Å². The summed E-state index contributed by atoms with van der Waals surface area (Å²) in [4.78, 5) is 34.1. The van der Waals surface area contributed by atoms with Crippen LogP contribution in [0, 0.1) is 0 Å². The first-order valence-corrected chi connectivity index (χ1v) is 13.7. The summed E-state index contributed by atoms with van der Waals surface area (Å²) in [6.45, 7) is 5.45. The molecule has 1 aliphatic rings. The SMILES string of the molecule is CC(C)(C)OC(=O)NC1CCC(n2c(=O)cnc3cnc4c(ccn4S(=O)(=O)c4ccccc4)c32)CC1. The summed E-state index contributed by atoms with van der Waals surface area (Å²) in [6.07, 6.45) is 6.46. The van der Waals surface area contributed by atoms with Gasteiger partial charge < -0.3 is 14.6 Å². The topological polar surface area (TPSA) is 125 Å². The van der Waals surface area contributed by atoms with Crippen LogP contribution in [-0.4, -0.2) is 44.7 Å². The van der Waals surface area contributed by atoms with Gasteiger partial charge in [-0.05, 0) is 64.7 Å². The van der Waals surface area contributed by atoms with Crippen LogP contribution >= 0.6 is 0 Å². The zero-order chi connectivity index (χ0) is 26.4. The second-order valence-electron chi connectivity index (χ2n) is 10.3. The van der Waals surface area contributed by atoms with Gasteiger partial charge >= 0.3 is 6.09 Å². The van der Waals surface area contributed by atoms with Crippen molar-refractivity contribution in [3.8, 4) is 0 Å². The molecule has 4 aromatic rings. The highest BCUT2D eigenvalue weighted by Gasteiger charge is 2.28. The van der Waals surface area contributed by atoms with Crippen molar-refractivity contribution in [2.75, 3.05) is 0 Å². The molecule has 194 valence electrons. The Labute approximate surface area is 214 Å². The number of hydrogen-bond acceptors (Lipinski definition) is 7. The molecule has 0 aliphatic heterocycles. The van der Waals surface area contributed by atoms with Crippen LogP contribution in [0.4, 0.5) is 4.79 Å². The van der Waals surface area contributed by atoms with Crippen LogP contribution in [0.15, 0.2) is 64.7 Å². The van der Waals surface area contributed by atoms with Gasteiger partial charge in [0, 0.05) is 23.7 Å². The number of carbonyl (C=O) groups is 1. The molecule has 1 N–H and O–H groups in total. The number of fused-ring (bicyclic) bond motifs is 3. The lowest BCUT2D eigenvalue weighted by Gasteiger charge is -2.31. The third-order valence-electron chi connectivity index (χ3n) is 6.51. The lowest BCUT2D eigenvalue weighted by molar-refractivity contribution is 0.0488. The Morgan fingerprint density at radius 1 is 1.03 bits per heavy atom. The van der Waals surface area contributed by atoms with Crippen molar-refractivity contribution in [2.24, 2.45) is 0 Å². The monoisotopic (exact) mass is 523 g/mol. The molecule has 0 radical (unpaired) electrons. The van der Waals surface area contributed by atoms with Crippen LogP contribution in [0.5, 0.6) is 0 Å². The largest absolute Gasteiger partial charge is 0.444 e. The van der Waals surface area contributed by atoms with Gasteiger partial charge in [-0.15, -0.1) is 0 Å². The predicted octanol–water partition coefficient (Wildman–Crippen LogP) is 3.99. The molecule has 1 amide bonds. The predicted molar refractivity (Wildman–Crippen MR) is 139 cm³/mol. The van der Waals surface area contributed by atoms with Crippen molar-refractivity contribution < 1.29 is 17.9 Å². The molecule has 10 nitrogen and oxygen atoms in total. The first kappa shape index (κ1) is 24.9. The van der Waals surface area contributed by atoms with E-state index in [0.717, 1.165) is 3.97 Å². The maximum Gasteiger partial charge on any atom is 0.407 e. The van der Waals surface area contributed by atoms with Gasteiger partial charge in [-0.1, -0.05) is 18.2 Å². The van der Waals surface area contributed by atoms with Crippen molar-refractivity contribution in [3.63, 3.8) is 0 Å². The van der Waals surface area contributed by atoms with E-state index in [-0.39, 0.29) is 28.2 Å². The van der Waals surface area contributed by atoms with Gasteiger partial charge in [0.1, 0.15) is 11.1 Å². The third-order valence-corrected chi connectivity index (χ3v) is 8.19. The number of carbonyl (C=O) groups excluding carboxylic acids is 1. The number of aromatic nitrogens is 4. The van der Waals surface area contributed by atoms with Crippen molar-refractivity contribution >= 4 is 38.2 Å². The first-order valence-electron chi connectivity index (χ1n) is 12.2. The molecular formula is C26H29N5O5S. The molecule has 0 bridgehead atoms. The molecule has 0 saturated heterocycles. The Kier molecular flexibility index (Phi) is 6.26. The number of hydrogen-bond donors (Lipinski definition) is 1.